The molecule has 3 N–H and O–H groups in total. The van der Waals surface area contributed by atoms with Crippen molar-refractivity contribution in [3.63, 3.8) is 0 Å². The highest BCUT2D eigenvalue weighted by Crippen LogP contribution is 2.39. The number of nitrogens with one attached hydrogen (secondary N) is 3. The molecule has 3 aliphatic rings. The number of aryl methyl sites for hydroxylation is 1. The van der Waals surface area contributed by atoms with Crippen molar-refractivity contribution >= 4 is 11.6 Å². The van der Waals surface area contributed by atoms with E-state index in [9.17, 15) is 4.79 Å². The van der Waals surface area contributed by atoms with Gasteiger partial charge >= 0.3 is 0 Å². The summed E-state index contributed by atoms with van der Waals surface area (Å²) in [7, 11) is 4.10. The number of ether oxygens (including phenoxy) is 1. The van der Waals surface area contributed by atoms with Crippen molar-refractivity contribution in [3.05, 3.63) is 42.2 Å². The lowest BCUT2D eigenvalue weighted by molar-refractivity contribution is -0.119. The van der Waals surface area contributed by atoms with Gasteiger partial charge in [0.15, 0.2) is 0 Å². The number of aromatic nitrogens is 2. The molecule has 3 heterocycles. The van der Waals surface area contributed by atoms with E-state index in [1.807, 2.05) is 42.2 Å². The number of piperidine rings is 1. The number of benzene rings is 1. The van der Waals surface area contributed by atoms with Crippen molar-refractivity contribution in [2.45, 2.75) is 56.2 Å². The van der Waals surface area contributed by atoms with E-state index in [0.29, 0.717) is 12.0 Å². The van der Waals surface area contributed by atoms with Crippen LogP contribution in [0.1, 0.15) is 43.6 Å². The third-order valence-corrected chi connectivity index (χ3v) is 7.32. The van der Waals surface area contributed by atoms with Crippen LogP contribution in [0.4, 0.5) is 5.69 Å². The number of hydrazine groups is 1. The maximum atomic E-state index is 13.1. The zero-order valence-corrected chi connectivity index (χ0v) is 19.0. The number of hydrogen-bond acceptors (Lipinski definition) is 6. The zero-order chi connectivity index (χ0) is 22.1. The first-order valence-corrected chi connectivity index (χ1v) is 11.8. The van der Waals surface area contributed by atoms with Crippen LogP contribution in [0.15, 0.2) is 36.7 Å². The first kappa shape index (κ1) is 21.4. The van der Waals surface area contributed by atoms with Gasteiger partial charge in [0, 0.05) is 44.0 Å². The fourth-order valence-electron chi connectivity index (χ4n) is 5.40. The van der Waals surface area contributed by atoms with Gasteiger partial charge in [-0.1, -0.05) is 0 Å². The van der Waals surface area contributed by atoms with Gasteiger partial charge in [-0.15, -0.1) is 0 Å². The Morgan fingerprint density at radius 1 is 1.09 bits per heavy atom. The number of carbonyl (C=O) groups excluding carboxylic acids is 1. The molecular formula is C24H34N6O2. The second kappa shape index (κ2) is 9.21. The van der Waals surface area contributed by atoms with Crippen molar-refractivity contribution in [3.8, 4) is 5.75 Å². The van der Waals surface area contributed by atoms with Crippen LogP contribution in [0, 0.1) is 5.92 Å². The molecule has 4 atom stereocenters. The molecule has 2 aliphatic heterocycles. The number of likely N-dealkylation sites (tertiary alicyclic amines) is 1. The molecule has 8 heteroatoms. The van der Waals surface area contributed by atoms with Crippen molar-refractivity contribution in [2.75, 3.05) is 25.5 Å². The van der Waals surface area contributed by atoms with Gasteiger partial charge in [0.1, 0.15) is 17.9 Å². The lowest BCUT2D eigenvalue weighted by Crippen LogP contribution is -2.42. The van der Waals surface area contributed by atoms with Gasteiger partial charge in [-0.3, -0.25) is 14.9 Å². The van der Waals surface area contributed by atoms with E-state index in [1.165, 1.54) is 5.56 Å². The number of hydrogen-bond donors (Lipinski definition) is 3. The van der Waals surface area contributed by atoms with Crippen LogP contribution in [0.3, 0.4) is 0 Å². The Morgan fingerprint density at radius 3 is 2.59 bits per heavy atom. The Bertz CT molecular complexity index is 921. The minimum atomic E-state index is -0.241. The van der Waals surface area contributed by atoms with Crippen molar-refractivity contribution in [2.24, 2.45) is 13.0 Å². The molecule has 172 valence electrons. The van der Waals surface area contributed by atoms with Crippen LogP contribution >= 0.6 is 0 Å². The van der Waals surface area contributed by atoms with Gasteiger partial charge in [0.2, 0.25) is 5.91 Å². The van der Waals surface area contributed by atoms with Crippen molar-refractivity contribution < 1.29 is 9.53 Å². The smallest absolute Gasteiger partial charge is 0.243 e. The van der Waals surface area contributed by atoms with Crippen LogP contribution in [0.2, 0.25) is 0 Å². The third kappa shape index (κ3) is 4.67. The van der Waals surface area contributed by atoms with Crippen LogP contribution in [-0.4, -0.2) is 58.9 Å². The van der Waals surface area contributed by atoms with E-state index in [1.54, 1.807) is 0 Å². The Morgan fingerprint density at radius 2 is 1.88 bits per heavy atom. The SMILES string of the molecule is CN1CCC(Oc2ccc(NC(=O)C3NNC4CCC(c5cnn(C)c5)CC43)cc2)CC1. The number of rotatable bonds is 5. The van der Waals surface area contributed by atoms with E-state index in [4.69, 9.17) is 4.74 Å². The van der Waals surface area contributed by atoms with Crippen LogP contribution in [0.25, 0.3) is 0 Å². The quantitative estimate of drug-likeness (QED) is 0.664. The van der Waals surface area contributed by atoms with E-state index in [-0.39, 0.29) is 24.0 Å². The summed E-state index contributed by atoms with van der Waals surface area (Å²) in [5, 5.41) is 7.42. The molecule has 1 aromatic heterocycles. The predicted octanol–water partition coefficient (Wildman–Crippen LogP) is 2.26. The average Bonchev–Trinajstić information content (AvgIpc) is 3.42. The molecule has 0 bridgehead atoms. The van der Waals surface area contributed by atoms with Gasteiger partial charge in [0.25, 0.3) is 0 Å². The summed E-state index contributed by atoms with van der Waals surface area (Å²) < 4.78 is 7.98. The summed E-state index contributed by atoms with van der Waals surface area (Å²) >= 11 is 0. The number of anilines is 1. The van der Waals surface area contributed by atoms with E-state index < -0.39 is 0 Å². The van der Waals surface area contributed by atoms with Crippen LogP contribution in [-0.2, 0) is 11.8 Å². The standard InChI is InChI=1S/C24H34N6O2/c1-29-11-9-20(10-12-29)32-19-6-4-18(5-7-19)26-24(31)23-21-13-16(3-8-22(21)27-28-23)17-14-25-30(2)15-17/h4-7,14-16,20-23,27-28H,3,8-13H2,1-2H3,(H,26,31). The number of nitrogens with zero attached hydrogens (tertiary/aromatic N) is 3. The van der Waals surface area contributed by atoms with Crippen LogP contribution in [0.5, 0.6) is 5.75 Å². The largest absolute Gasteiger partial charge is 0.490 e. The first-order chi connectivity index (χ1) is 15.5. The highest BCUT2D eigenvalue weighted by atomic mass is 16.5. The molecule has 4 unspecified atom stereocenters. The fraction of sp³-hybridized carbons (Fsp3) is 0.583. The van der Waals surface area contributed by atoms with Gasteiger partial charge in [-0.05, 0) is 74.9 Å². The van der Waals surface area contributed by atoms with Crippen molar-refractivity contribution in [1.29, 1.82) is 0 Å². The molecule has 0 spiro atoms. The molecule has 2 aromatic rings. The monoisotopic (exact) mass is 438 g/mol. The lowest BCUT2D eigenvalue weighted by Gasteiger charge is -2.32. The highest BCUT2D eigenvalue weighted by Gasteiger charge is 2.44. The lowest BCUT2D eigenvalue weighted by atomic mass is 9.74. The Labute approximate surface area is 189 Å². The maximum Gasteiger partial charge on any atom is 0.243 e. The van der Waals surface area contributed by atoms with Gasteiger partial charge in [-0.2, -0.15) is 5.10 Å². The number of amides is 1. The summed E-state index contributed by atoms with van der Waals surface area (Å²) in [6.45, 7) is 2.15. The Hall–Kier alpha value is -2.42. The van der Waals surface area contributed by atoms with Gasteiger partial charge in [0.05, 0.1) is 6.20 Å². The summed E-state index contributed by atoms with van der Waals surface area (Å²) in [6, 6.07) is 7.87. The molecule has 8 nitrogen and oxygen atoms in total. The summed E-state index contributed by atoms with van der Waals surface area (Å²) in [5.74, 6) is 1.60. The molecule has 1 amide bonds. The maximum absolute atomic E-state index is 13.1. The molecule has 3 fully saturated rings. The number of carbonyl (C=O) groups is 1. The second-order valence-corrected chi connectivity index (χ2v) is 9.63. The molecular weight excluding hydrogens is 404 g/mol. The minimum absolute atomic E-state index is 0.0147. The molecule has 0 radical (unpaired) electrons. The molecule has 2 saturated heterocycles. The molecule has 5 rings (SSSR count). The summed E-state index contributed by atoms with van der Waals surface area (Å²) in [4.78, 5) is 15.4. The molecule has 32 heavy (non-hydrogen) atoms. The normalized spacial score (nSPS) is 28.9. The topological polar surface area (TPSA) is 83.4 Å². The predicted molar refractivity (Wildman–Crippen MR) is 123 cm³/mol. The summed E-state index contributed by atoms with van der Waals surface area (Å²) in [6.07, 6.45) is 9.61. The highest BCUT2D eigenvalue weighted by molar-refractivity contribution is 5.95. The summed E-state index contributed by atoms with van der Waals surface area (Å²) in [5.41, 5.74) is 8.69. The Balaban J connectivity index is 1.17. The number of fused-ring (bicyclic) bond motifs is 1. The Kier molecular flexibility index (Phi) is 6.17. The van der Waals surface area contributed by atoms with Gasteiger partial charge in [-0.25, -0.2) is 5.43 Å². The minimum Gasteiger partial charge on any atom is -0.490 e. The van der Waals surface area contributed by atoms with E-state index in [0.717, 1.165) is 56.6 Å². The molecule has 1 aliphatic carbocycles. The van der Waals surface area contributed by atoms with Crippen molar-refractivity contribution in [1.82, 2.24) is 25.5 Å². The first-order valence-electron chi connectivity index (χ1n) is 11.8. The van der Waals surface area contributed by atoms with E-state index >= 15 is 0 Å². The zero-order valence-electron chi connectivity index (χ0n) is 19.0. The third-order valence-electron chi connectivity index (χ3n) is 7.32. The van der Waals surface area contributed by atoms with Crippen LogP contribution < -0.4 is 20.9 Å². The fourth-order valence-corrected chi connectivity index (χ4v) is 5.40. The van der Waals surface area contributed by atoms with E-state index in [2.05, 4.69) is 39.4 Å². The average molecular weight is 439 g/mol. The molecule has 1 saturated carbocycles. The second-order valence-electron chi connectivity index (χ2n) is 9.63. The molecule has 1 aromatic carbocycles. The van der Waals surface area contributed by atoms with Gasteiger partial charge < -0.3 is 15.0 Å².